The van der Waals surface area contributed by atoms with Gasteiger partial charge >= 0.3 is 0 Å². The molecule has 3 heterocycles. The lowest BCUT2D eigenvalue weighted by Gasteiger charge is -2.32. The lowest BCUT2D eigenvalue weighted by Crippen LogP contribution is -2.39. The van der Waals surface area contributed by atoms with Crippen molar-refractivity contribution in [2.45, 2.75) is 25.4 Å². The molecule has 0 bridgehead atoms. The third-order valence-corrected chi connectivity index (χ3v) is 5.91. The molecule has 1 aliphatic rings. The van der Waals surface area contributed by atoms with Gasteiger partial charge < -0.3 is 19.5 Å². The van der Waals surface area contributed by atoms with Crippen LogP contribution in [0.4, 0.5) is 5.82 Å². The number of fused-ring (bicyclic) bond motifs is 1. The molecule has 1 fully saturated rings. The smallest absolute Gasteiger partial charge is 0.165 e. The second-order valence-electron chi connectivity index (χ2n) is 7.27. The highest BCUT2D eigenvalue weighted by Crippen LogP contribution is 2.28. The molecule has 0 atom stereocenters. The highest BCUT2D eigenvalue weighted by atomic mass is 35.5. The fraction of sp³-hybridized carbons (Fsp3) is 0.450. The molecule has 7 nitrogen and oxygen atoms in total. The molecule has 3 aromatic rings. The topological polar surface area (TPSA) is 68.1 Å². The highest BCUT2D eigenvalue weighted by Gasteiger charge is 2.20. The van der Waals surface area contributed by atoms with Gasteiger partial charge in [0.2, 0.25) is 0 Å². The number of aromatic nitrogens is 4. The standard InChI is InChI=1S/C20H24Cl2N6O/c1-27-13-26-18-19(24-12-25-20(18)27)23-7-2-8-28-9-5-14(6-10-28)29-15-3-4-16(21)17(22)11-15/h3-4,11-14H,2,5-10H2,1H3,(H,23,24,25). The van der Waals surface area contributed by atoms with Crippen LogP contribution in [-0.4, -0.2) is 56.7 Å². The van der Waals surface area contributed by atoms with Crippen LogP contribution >= 0.6 is 23.2 Å². The van der Waals surface area contributed by atoms with Crippen molar-refractivity contribution in [1.82, 2.24) is 24.4 Å². The number of benzene rings is 1. The van der Waals surface area contributed by atoms with Gasteiger partial charge in [-0.1, -0.05) is 23.2 Å². The van der Waals surface area contributed by atoms with Gasteiger partial charge in [0, 0.05) is 32.7 Å². The number of hydrogen-bond donors (Lipinski definition) is 1. The van der Waals surface area contributed by atoms with Gasteiger partial charge in [0.05, 0.1) is 16.4 Å². The number of piperidine rings is 1. The van der Waals surface area contributed by atoms with Gasteiger partial charge in [-0.15, -0.1) is 0 Å². The maximum absolute atomic E-state index is 6.06. The van der Waals surface area contributed by atoms with E-state index in [1.54, 1.807) is 24.8 Å². The Labute approximate surface area is 180 Å². The van der Waals surface area contributed by atoms with Gasteiger partial charge in [0.25, 0.3) is 0 Å². The molecular weight excluding hydrogens is 411 g/mol. The van der Waals surface area contributed by atoms with E-state index in [1.807, 2.05) is 17.7 Å². The van der Waals surface area contributed by atoms with Crippen LogP contribution in [0, 0.1) is 0 Å². The first kappa shape index (κ1) is 20.2. The predicted octanol–water partition coefficient (Wildman–Crippen LogP) is 4.02. The van der Waals surface area contributed by atoms with Crippen LogP contribution in [0.15, 0.2) is 30.9 Å². The van der Waals surface area contributed by atoms with E-state index in [9.17, 15) is 0 Å². The Kier molecular flexibility index (Phi) is 6.37. The van der Waals surface area contributed by atoms with Crippen LogP contribution < -0.4 is 10.1 Å². The molecule has 29 heavy (non-hydrogen) atoms. The zero-order chi connectivity index (χ0) is 20.2. The van der Waals surface area contributed by atoms with Gasteiger partial charge in [0.15, 0.2) is 11.5 Å². The molecule has 0 spiro atoms. The van der Waals surface area contributed by atoms with Gasteiger partial charge in [-0.3, -0.25) is 0 Å². The number of halogens is 2. The van der Waals surface area contributed by atoms with Crippen LogP contribution in [-0.2, 0) is 7.05 Å². The summed E-state index contributed by atoms with van der Waals surface area (Å²) in [5.74, 6) is 1.58. The van der Waals surface area contributed by atoms with E-state index in [2.05, 4.69) is 25.2 Å². The van der Waals surface area contributed by atoms with Crippen molar-refractivity contribution in [3.05, 3.63) is 40.9 Å². The van der Waals surface area contributed by atoms with Gasteiger partial charge in [0.1, 0.15) is 23.7 Å². The molecule has 0 unspecified atom stereocenters. The minimum atomic E-state index is 0.222. The quantitative estimate of drug-likeness (QED) is 0.566. The molecule has 0 saturated carbocycles. The van der Waals surface area contributed by atoms with Crippen LogP contribution in [0.1, 0.15) is 19.3 Å². The summed E-state index contributed by atoms with van der Waals surface area (Å²) in [6.07, 6.45) is 6.61. The first-order valence-electron chi connectivity index (χ1n) is 9.80. The number of nitrogens with one attached hydrogen (secondary N) is 1. The monoisotopic (exact) mass is 434 g/mol. The summed E-state index contributed by atoms with van der Waals surface area (Å²) in [5.41, 5.74) is 1.65. The van der Waals surface area contributed by atoms with E-state index >= 15 is 0 Å². The number of ether oxygens (including phenoxy) is 1. The van der Waals surface area contributed by atoms with E-state index in [4.69, 9.17) is 27.9 Å². The SMILES string of the molecule is Cn1cnc2c(NCCCN3CCC(Oc4ccc(Cl)c(Cl)c4)CC3)ncnc21. The minimum absolute atomic E-state index is 0.222. The molecular formula is C20H24Cl2N6O. The number of rotatable bonds is 7. The van der Waals surface area contributed by atoms with Crippen LogP contribution in [0.5, 0.6) is 5.75 Å². The molecule has 2 aromatic heterocycles. The maximum Gasteiger partial charge on any atom is 0.165 e. The maximum atomic E-state index is 6.06. The van der Waals surface area contributed by atoms with Crippen LogP contribution in [0.3, 0.4) is 0 Å². The summed E-state index contributed by atoms with van der Waals surface area (Å²) < 4.78 is 7.96. The molecule has 1 N–H and O–H groups in total. The number of imidazole rings is 1. The molecule has 154 valence electrons. The third kappa shape index (κ3) is 4.91. The lowest BCUT2D eigenvalue weighted by molar-refractivity contribution is 0.100. The fourth-order valence-corrected chi connectivity index (χ4v) is 3.87. The van der Waals surface area contributed by atoms with E-state index in [-0.39, 0.29) is 6.10 Å². The van der Waals surface area contributed by atoms with Gasteiger partial charge in [-0.25, -0.2) is 15.0 Å². The number of hydrogen-bond acceptors (Lipinski definition) is 6. The summed E-state index contributed by atoms with van der Waals surface area (Å²) >= 11 is 12.0. The molecule has 9 heteroatoms. The summed E-state index contributed by atoms with van der Waals surface area (Å²) in [6, 6.07) is 5.43. The molecule has 1 saturated heterocycles. The third-order valence-electron chi connectivity index (χ3n) is 5.17. The van der Waals surface area contributed by atoms with E-state index in [1.165, 1.54) is 0 Å². The molecule has 0 radical (unpaired) electrons. The first-order valence-corrected chi connectivity index (χ1v) is 10.6. The predicted molar refractivity (Wildman–Crippen MR) is 116 cm³/mol. The average molecular weight is 435 g/mol. The molecule has 0 aliphatic carbocycles. The molecule has 1 aromatic carbocycles. The van der Waals surface area contributed by atoms with Crippen LogP contribution in [0.25, 0.3) is 11.2 Å². The summed E-state index contributed by atoms with van der Waals surface area (Å²) in [4.78, 5) is 15.4. The normalized spacial score (nSPS) is 15.7. The Morgan fingerprint density at radius 3 is 2.76 bits per heavy atom. The van der Waals surface area contributed by atoms with Crippen molar-refractivity contribution in [2.75, 3.05) is 31.5 Å². The second-order valence-corrected chi connectivity index (χ2v) is 8.08. The van der Waals surface area contributed by atoms with E-state index in [0.29, 0.717) is 10.0 Å². The van der Waals surface area contributed by atoms with E-state index in [0.717, 1.165) is 68.2 Å². The first-order chi connectivity index (χ1) is 14.1. The Bertz CT molecular complexity index is 971. The summed E-state index contributed by atoms with van der Waals surface area (Å²) in [7, 11) is 1.93. The zero-order valence-electron chi connectivity index (χ0n) is 16.3. The number of anilines is 1. The van der Waals surface area contributed by atoms with Crippen molar-refractivity contribution in [2.24, 2.45) is 7.05 Å². The minimum Gasteiger partial charge on any atom is -0.490 e. The Morgan fingerprint density at radius 2 is 1.97 bits per heavy atom. The van der Waals surface area contributed by atoms with E-state index < -0.39 is 0 Å². The van der Waals surface area contributed by atoms with Gasteiger partial charge in [-0.05, 0) is 37.9 Å². The number of nitrogens with zero attached hydrogens (tertiary/aromatic N) is 5. The zero-order valence-corrected chi connectivity index (χ0v) is 17.8. The van der Waals surface area contributed by atoms with Crippen molar-refractivity contribution in [3.8, 4) is 5.75 Å². The molecule has 0 amide bonds. The molecule has 4 rings (SSSR count). The highest BCUT2D eigenvalue weighted by molar-refractivity contribution is 6.42. The lowest BCUT2D eigenvalue weighted by atomic mass is 10.1. The fourth-order valence-electron chi connectivity index (χ4n) is 3.58. The Balaban J connectivity index is 1.19. The average Bonchev–Trinajstić information content (AvgIpc) is 3.11. The van der Waals surface area contributed by atoms with Gasteiger partial charge in [-0.2, -0.15) is 0 Å². The second kappa shape index (κ2) is 9.15. The largest absolute Gasteiger partial charge is 0.490 e. The Morgan fingerprint density at radius 1 is 1.14 bits per heavy atom. The number of aryl methyl sites for hydroxylation is 1. The van der Waals surface area contributed by atoms with Crippen LogP contribution in [0.2, 0.25) is 10.0 Å². The van der Waals surface area contributed by atoms with Crippen molar-refractivity contribution >= 4 is 40.2 Å². The van der Waals surface area contributed by atoms with Crippen molar-refractivity contribution in [3.63, 3.8) is 0 Å². The summed E-state index contributed by atoms with van der Waals surface area (Å²) in [6.45, 7) is 3.96. The van der Waals surface area contributed by atoms with Crippen molar-refractivity contribution < 1.29 is 4.74 Å². The molecule has 1 aliphatic heterocycles. The number of likely N-dealkylation sites (tertiary alicyclic amines) is 1. The van der Waals surface area contributed by atoms with Crippen molar-refractivity contribution in [1.29, 1.82) is 0 Å². The Hall–Kier alpha value is -2.09. The summed E-state index contributed by atoms with van der Waals surface area (Å²) in [5, 5.41) is 4.47.